The molecule has 0 saturated heterocycles. The van der Waals surface area contributed by atoms with Gasteiger partial charge in [-0.05, 0) is 43.3 Å². The number of aromatic nitrogens is 3. The van der Waals surface area contributed by atoms with E-state index in [9.17, 15) is 9.18 Å². The van der Waals surface area contributed by atoms with Crippen LogP contribution in [0.15, 0.2) is 65.3 Å². The smallest absolute Gasteiger partial charge is 0.343 e. The first-order valence-electron chi connectivity index (χ1n) is 8.71. The monoisotopic (exact) mass is 411 g/mol. The number of carbonyl (C=O) groups is 1. The van der Waals surface area contributed by atoms with E-state index >= 15 is 0 Å². The van der Waals surface area contributed by atoms with Crippen molar-refractivity contribution in [3.8, 4) is 17.1 Å². The summed E-state index contributed by atoms with van der Waals surface area (Å²) in [5.74, 6) is -0.573. The van der Waals surface area contributed by atoms with Crippen LogP contribution in [-0.2, 0) is 11.3 Å². The van der Waals surface area contributed by atoms with Gasteiger partial charge in [0.15, 0.2) is 0 Å². The van der Waals surface area contributed by atoms with E-state index in [-0.39, 0.29) is 23.1 Å². The van der Waals surface area contributed by atoms with Crippen LogP contribution in [0.2, 0.25) is 5.15 Å². The molecule has 0 aliphatic rings. The van der Waals surface area contributed by atoms with E-state index in [0.717, 1.165) is 5.56 Å². The lowest BCUT2D eigenvalue weighted by molar-refractivity contribution is 0.0467. The second-order valence-electron chi connectivity index (χ2n) is 6.23. The highest BCUT2D eigenvalue weighted by Gasteiger charge is 2.23. The highest BCUT2D eigenvalue weighted by molar-refractivity contribution is 6.33. The minimum Gasteiger partial charge on any atom is -0.455 e. The molecule has 0 aliphatic carbocycles. The van der Waals surface area contributed by atoms with Crippen molar-refractivity contribution in [3.05, 3.63) is 88.8 Å². The third kappa shape index (κ3) is 3.90. The van der Waals surface area contributed by atoms with Gasteiger partial charge in [-0.25, -0.2) is 18.9 Å². The molecule has 0 amide bonds. The number of hydrogen-bond donors (Lipinski definition) is 0. The number of carbonyl (C=O) groups excluding carboxylic acids is 1. The maximum Gasteiger partial charge on any atom is 0.343 e. The maximum atomic E-state index is 13.1. The summed E-state index contributed by atoms with van der Waals surface area (Å²) in [4.78, 5) is 16.9. The van der Waals surface area contributed by atoms with Crippen LogP contribution in [0.5, 0.6) is 0 Å². The Morgan fingerprint density at radius 1 is 1.17 bits per heavy atom. The second kappa shape index (κ2) is 7.89. The van der Waals surface area contributed by atoms with Crippen LogP contribution in [0.1, 0.15) is 21.7 Å². The van der Waals surface area contributed by atoms with Gasteiger partial charge in [0.1, 0.15) is 35.1 Å². The summed E-state index contributed by atoms with van der Waals surface area (Å²) in [5, 5.41) is 4.34. The molecule has 146 valence electrons. The van der Waals surface area contributed by atoms with Crippen LogP contribution in [-0.4, -0.2) is 20.7 Å². The van der Waals surface area contributed by atoms with Crippen molar-refractivity contribution in [1.29, 1.82) is 0 Å². The van der Waals surface area contributed by atoms with E-state index < -0.39 is 5.97 Å². The number of rotatable bonds is 5. The third-order valence-electron chi connectivity index (χ3n) is 4.20. The molecule has 8 heteroatoms. The van der Waals surface area contributed by atoms with Gasteiger partial charge in [0.05, 0.1) is 11.4 Å². The quantitative estimate of drug-likeness (QED) is 0.433. The molecule has 0 saturated carbocycles. The molecule has 0 spiro atoms. The van der Waals surface area contributed by atoms with Crippen molar-refractivity contribution in [2.24, 2.45) is 0 Å². The average Bonchev–Trinajstić information content (AvgIpc) is 3.32. The Labute approximate surface area is 170 Å². The Morgan fingerprint density at radius 3 is 2.62 bits per heavy atom. The van der Waals surface area contributed by atoms with Crippen molar-refractivity contribution in [1.82, 2.24) is 14.8 Å². The Kier molecular flexibility index (Phi) is 5.14. The molecule has 6 nitrogen and oxygen atoms in total. The molecule has 0 fully saturated rings. The topological polar surface area (TPSA) is 70.2 Å². The maximum absolute atomic E-state index is 13.1. The van der Waals surface area contributed by atoms with Crippen LogP contribution in [0.3, 0.4) is 0 Å². The van der Waals surface area contributed by atoms with Crippen molar-refractivity contribution in [2.45, 2.75) is 13.5 Å². The summed E-state index contributed by atoms with van der Waals surface area (Å²) < 4.78 is 25.3. The molecule has 4 aromatic rings. The molecule has 2 aromatic heterocycles. The standard InChI is InChI=1S/C21H15ClFN3O3/c1-13-18(19(22)26(25-13)17-9-7-15(23)8-10-17)21(27)29-12-16-11-28-20(24-16)14-5-3-2-4-6-14/h2-11H,12H2,1H3. The van der Waals surface area contributed by atoms with Crippen molar-refractivity contribution in [2.75, 3.05) is 0 Å². The molecular formula is C21H15ClFN3O3. The second-order valence-corrected chi connectivity index (χ2v) is 6.58. The van der Waals surface area contributed by atoms with Crippen LogP contribution in [0.25, 0.3) is 17.1 Å². The highest BCUT2D eigenvalue weighted by Crippen LogP contribution is 2.25. The average molecular weight is 412 g/mol. The normalized spacial score (nSPS) is 10.9. The van der Waals surface area contributed by atoms with Gasteiger partial charge in [0.2, 0.25) is 5.89 Å². The molecule has 0 unspecified atom stereocenters. The van der Waals surface area contributed by atoms with Gasteiger partial charge in [-0.15, -0.1) is 0 Å². The lowest BCUT2D eigenvalue weighted by Gasteiger charge is -2.04. The fourth-order valence-corrected chi connectivity index (χ4v) is 3.13. The van der Waals surface area contributed by atoms with Crippen molar-refractivity contribution < 1.29 is 18.3 Å². The van der Waals surface area contributed by atoms with Gasteiger partial charge in [0, 0.05) is 5.56 Å². The molecule has 2 heterocycles. The summed E-state index contributed by atoms with van der Waals surface area (Å²) in [5.41, 5.74) is 2.36. The summed E-state index contributed by atoms with van der Waals surface area (Å²) in [6.07, 6.45) is 1.44. The summed E-state index contributed by atoms with van der Waals surface area (Å²) in [6.45, 7) is 1.57. The predicted octanol–water partition coefficient (Wildman–Crippen LogP) is 4.99. The molecule has 2 aromatic carbocycles. The summed E-state index contributed by atoms with van der Waals surface area (Å²) in [7, 11) is 0. The zero-order valence-electron chi connectivity index (χ0n) is 15.3. The fourth-order valence-electron chi connectivity index (χ4n) is 2.78. The Bertz CT molecular complexity index is 1150. The van der Waals surface area contributed by atoms with Crippen molar-refractivity contribution in [3.63, 3.8) is 0 Å². The number of aryl methyl sites for hydroxylation is 1. The van der Waals surface area contributed by atoms with Gasteiger partial charge in [-0.1, -0.05) is 29.8 Å². The summed E-state index contributed by atoms with van der Waals surface area (Å²) in [6, 6.07) is 15.0. The first kappa shape index (κ1) is 18.9. The van der Waals surface area contributed by atoms with E-state index in [0.29, 0.717) is 23.0 Å². The van der Waals surface area contributed by atoms with Crippen LogP contribution >= 0.6 is 11.6 Å². The van der Waals surface area contributed by atoms with Gasteiger partial charge in [-0.2, -0.15) is 5.10 Å². The van der Waals surface area contributed by atoms with Gasteiger partial charge in [-0.3, -0.25) is 0 Å². The number of ether oxygens (including phenoxy) is 1. The van der Waals surface area contributed by atoms with E-state index in [2.05, 4.69) is 10.1 Å². The SMILES string of the molecule is Cc1nn(-c2ccc(F)cc2)c(Cl)c1C(=O)OCc1coc(-c2ccccc2)n1. The number of halogens is 2. The van der Waals surface area contributed by atoms with E-state index in [4.69, 9.17) is 20.8 Å². The number of nitrogens with zero attached hydrogens (tertiary/aromatic N) is 3. The fraction of sp³-hybridized carbons (Fsp3) is 0.0952. The van der Waals surface area contributed by atoms with E-state index in [1.54, 1.807) is 6.92 Å². The molecule has 0 radical (unpaired) electrons. The molecule has 0 aliphatic heterocycles. The minimum atomic E-state index is -0.634. The third-order valence-corrected chi connectivity index (χ3v) is 4.55. The lowest BCUT2D eigenvalue weighted by Crippen LogP contribution is -2.07. The first-order valence-corrected chi connectivity index (χ1v) is 9.08. The number of hydrogen-bond acceptors (Lipinski definition) is 5. The Balaban J connectivity index is 1.49. The van der Waals surface area contributed by atoms with Crippen molar-refractivity contribution >= 4 is 17.6 Å². The largest absolute Gasteiger partial charge is 0.455 e. The van der Waals surface area contributed by atoms with E-state index in [1.165, 1.54) is 35.2 Å². The zero-order chi connectivity index (χ0) is 20.4. The van der Waals surface area contributed by atoms with Crippen LogP contribution in [0, 0.1) is 12.7 Å². The van der Waals surface area contributed by atoms with Gasteiger partial charge in [0.25, 0.3) is 0 Å². The molecule has 4 rings (SSSR count). The Morgan fingerprint density at radius 2 is 1.90 bits per heavy atom. The highest BCUT2D eigenvalue weighted by atomic mass is 35.5. The number of esters is 1. The predicted molar refractivity (Wildman–Crippen MR) is 104 cm³/mol. The van der Waals surface area contributed by atoms with E-state index in [1.807, 2.05) is 30.3 Å². The molecule has 0 bridgehead atoms. The van der Waals surface area contributed by atoms with Crippen LogP contribution < -0.4 is 0 Å². The molecule has 0 N–H and O–H groups in total. The first-order chi connectivity index (χ1) is 14.0. The Hall–Kier alpha value is -3.45. The van der Waals surface area contributed by atoms with Gasteiger partial charge < -0.3 is 9.15 Å². The number of oxazole rings is 1. The molecule has 0 atom stereocenters. The molecule has 29 heavy (non-hydrogen) atoms. The number of benzene rings is 2. The minimum absolute atomic E-state index is 0.0767. The molecular weight excluding hydrogens is 397 g/mol. The van der Waals surface area contributed by atoms with Gasteiger partial charge >= 0.3 is 5.97 Å². The zero-order valence-corrected chi connectivity index (χ0v) is 16.1. The van der Waals surface area contributed by atoms with Crippen LogP contribution in [0.4, 0.5) is 4.39 Å². The lowest BCUT2D eigenvalue weighted by atomic mass is 10.2. The summed E-state index contributed by atoms with van der Waals surface area (Å²) >= 11 is 6.34.